The Kier molecular flexibility index (Phi) is 3.99. The fourth-order valence-electron chi connectivity index (χ4n) is 3.47. The molecule has 3 rings (SSSR count). The van der Waals surface area contributed by atoms with E-state index in [2.05, 4.69) is 15.4 Å². The van der Waals surface area contributed by atoms with Crippen LogP contribution in [0.25, 0.3) is 0 Å². The van der Waals surface area contributed by atoms with Crippen LogP contribution in [0.4, 0.5) is 0 Å². The molecule has 8 nitrogen and oxygen atoms in total. The molecule has 1 saturated heterocycles. The van der Waals surface area contributed by atoms with Crippen molar-refractivity contribution in [3.8, 4) is 0 Å². The number of nitrogens with one attached hydrogen (secondary N) is 1. The second-order valence-corrected chi connectivity index (χ2v) is 6.52. The summed E-state index contributed by atoms with van der Waals surface area (Å²) in [6.45, 7) is 7.49. The zero-order valence-electron chi connectivity index (χ0n) is 13.8. The first-order chi connectivity index (χ1) is 10.9. The predicted molar refractivity (Wildman–Crippen MR) is 84.3 cm³/mol. The van der Waals surface area contributed by atoms with Crippen LogP contribution in [-0.4, -0.2) is 50.0 Å². The van der Waals surface area contributed by atoms with Crippen LogP contribution in [0.3, 0.4) is 0 Å². The number of aromatic nitrogens is 3. The van der Waals surface area contributed by atoms with Crippen molar-refractivity contribution in [1.82, 2.24) is 19.7 Å². The summed E-state index contributed by atoms with van der Waals surface area (Å²) in [5, 5.41) is 10.6. The number of amides is 1. The van der Waals surface area contributed by atoms with E-state index in [1.54, 1.807) is 11.5 Å². The Bertz CT molecular complexity index is 684. The molecule has 1 aromatic heterocycles. The Labute approximate surface area is 134 Å². The molecule has 0 radical (unpaired) electrons. The highest BCUT2D eigenvalue weighted by molar-refractivity contribution is 5.94. The maximum atomic E-state index is 12.7. The molecule has 0 aliphatic carbocycles. The number of rotatable bonds is 3. The first-order valence-electron chi connectivity index (χ1n) is 8.10. The minimum atomic E-state index is -0.866. The van der Waals surface area contributed by atoms with Gasteiger partial charge in [0.2, 0.25) is 5.60 Å². The highest BCUT2D eigenvalue weighted by Gasteiger charge is 2.44. The molecule has 0 spiro atoms. The summed E-state index contributed by atoms with van der Waals surface area (Å²) in [6, 6.07) is 0. The van der Waals surface area contributed by atoms with Crippen LogP contribution in [0.2, 0.25) is 0 Å². The summed E-state index contributed by atoms with van der Waals surface area (Å²) in [6.07, 6.45) is 2.14. The third-order valence-corrected chi connectivity index (χ3v) is 4.70. The van der Waals surface area contributed by atoms with Gasteiger partial charge in [-0.2, -0.15) is 5.10 Å². The van der Waals surface area contributed by atoms with Crippen LogP contribution in [0, 0.1) is 0 Å². The molecule has 23 heavy (non-hydrogen) atoms. The topological polar surface area (TPSA) is 92.6 Å². The number of hydrogen-bond donors (Lipinski definition) is 1. The van der Waals surface area contributed by atoms with Crippen LogP contribution in [0.15, 0.2) is 9.95 Å². The van der Waals surface area contributed by atoms with Crippen LogP contribution in [0.1, 0.15) is 51.8 Å². The summed E-state index contributed by atoms with van der Waals surface area (Å²) in [4.78, 5) is 31.6. The number of nitrogens with zero attached hydrogens (tertiary/aromatic N) is 4. The van der Waals surface area contributed by atoms with Gasteiger partial charge in [0.15, 0.2) is 0 Å². The number of H-pyrrole nitrogens is 1. The van der Waals surface area contributed by atoms with Crippen LogP contribution in [0.5, 0.6) is 0 Å². The van der Waals surface area contributed by atoms with Gasteiger partial charge in [0, 0.05) is 32.0 Å². The van der Waals surface area contributed by atoms with Gasteiger partial charge in [-0.25, -0.2) is 9.89 Å². The Hall–Kier alpha value is -2.12. The van der Waals surface area contributed by atoms with Gasteiger partial charge >= 0.3 is 5.69 Å². The van der Waals surface area contributed by atoms with Crippen LogP contribution < -0.4 is 5.69 Å². The molecular formula is C15H23N5O3. The minimum Gasteiger partial charge on any atom is -0.379 e. The molecule has 1 fully saturated rings. The van der Waals surface area contributed by atoms with Gasteiger partial charge in [0.1, 0.15) is 5.82 Å². The first-order valence-corrected chi connectivity index (χ1v) is 8.10. The number of piperidine rings is 1. The second-order valence-electron chi connectivity index (χ2n) is 6.52. The van der Waals surface area contributed by atoms with Gasteiger partial charge in [-0.15, -0.1) is 0 Å². The lowest BCUT2D eigenvalue weighted by atomic mass is 9.93. The van der Waals surface area contributed by atoms with E-state index in [1.165, 1.54) is 0 Å². The average Bonchev–Trinajstić information content (AvgIpc) is 3.09. The van der Waals surface area contributed by atoms with Gasteiger partial charge in [0.05, 0.1) is 5.71 Å². The lowest BCUT2D eigenvalue weighted by Gasteiger charge is -2.35. The van der Waals surface area contributed by atoms with Crippen molar-refractivity contribution in [3.63, 3.8) is 0 Å². The molecule has 1 aromatic rings. The lowest BCUT2D eigenvalue weighted by Crippen LogP contribution is -2.50. The molecule has 2 aliphatic rings. The van der Waals surface area contributed by atoms with Crippen molar-refractivity contribution < 1.29 is 9.63 Å². The minimum absolute atomic E-state index is 0.00791. The van der Waals surface area contributed by atoms with E-state index in [9.17, 15) is 9.59 Å². The third kappa shape index (κ3) is 2.77. The summed E-state index contributed by atoms with van der Waals surface area (Å²) < 4.78 is 1.67. The van der Waals surface area contributed by atoms with Crippen molar-refractivity contribution in [3.05, 3.63) is 16.3 Å². The third-order valence-electron chi connectivity index (χ3n) is 4.70. The van der Waals surface area contributed by atoms with E-state index in [0.29, 0.717) is 26.1 Å². The number of carbonyl (C=O) groups is 1. The van der Waals surface area contributed by atoms with Crippen molar-refractivity contribution in [2.24, 2.45) is 5.16 Å². The quantitative estimate of drug-likeness (QED) is 0.893. The molecule has 8 heteroatoms. The molecule has 1 N–H and O–H groups in total. The Morgan fingerprint density at radius 2 is 2.13 bits per heavy atom. The molecule has 3 heterocycles. The van der Waals surface area contributed by atoms with Crippen LogP contribution >= 0.6 is 0 Å². The fraction of sp³-hybridized carbons (Fsp3) is 0.733. The van der Waals surface area contributed by atoms with Crippen molar-refractivity contribution >= 4 is 11.6 Å². The smallest absolute Gasteiger partial charge is 0.343 e. The summed E-state index contributed by atoms with van der Waals surface area (Å²) in [5.74, 6) is 0.992. The van der Waals surface area contributed by atoms with Gasteiger partial charge in [-0.3, -0.25) is 9.36 Å². The fourth-order valence-corrected chi connectivity index (χ4v) is 3.47. The number of likely N-dealkylation sites (tertiary alicyclic amines) is 1. The SMILES string of the molecule is CCn1c(C2CCN(C(=O)[C@@]3(C)CC(C)=NO3)CC2)n[nH]c1=O. The molecule has 2 aliphatic heterocycles. The van der Waals surface area contributed by atoms with E-state index in [-0.39, 0.29) is 17.5 Å². The first kappa shape index (κ1) is 15.8. The molecule has 0 bridgehead atoms. The normalized spacial score (nSPS) is 25.3. The highest BCUT2D eigenvalue weighted by Crippen LogP contribution is 2.30. The monoisotopic (exact) mass is 321 g/mol. The molecular weight excluding hydrogens is 298 g/mol. The number of hydrogen-bond acceptors (Lipinski definition) is 5. The van der Waals surface area contributed by atoms with Gasteiger partial charge in [-0.1, -0.05) is 5.16 Å². The lowest BCUT2D eigenvalue weighted by molar-refractivity contribution is -0.154. The Balaban J connectivity index is 1.65. The zero-order valence-corrected chi connectivity index (χ0v) is 13.8. The van der Waals surface area contributed by atoms with Crippen LogP contribution in [-0.2, 0) is 16.2 Å². The van der Waals surface area contributed by atoms with E-state index in [4.69, 9.17) is 4.84 Å². The number of aromatic amines is 1. The Morgan fingerprint density at radius 3 is 2.70 bits per heavy atom. The van der Waals surface area contributed by atoms with E-state index >= 15 is 0 Å². The molecule has 1 atom stereocenters. The summed E-state index contributed by atoms with van der Waals surface area (Å²) in [5.41, 5.74) is -0.186. The van der Waals surface area contributed by atoms with Crippen molar-refractivity contribution in [2.75, 3.05) is 13.1 Å². The van der Waals surface area contributed by atoms with Gasteiger partial charge in [-0.05, 0) is 33.6 Å². The van der Waals surface area contributed by atoms with E-state index in [0.717, 1.165) is 24.4 Å². The standard InChI is InChI=1S/C15H23N5O3/c1-4-20-12(16-17-14(20)22)11-5-7-19(8-6-11)13(21)15(3)9-10(2)18-23-15/h11H,4-9H2,1-3H3,(H,17,22)/t15-/m1/s1. The summed E-state index contributed by atoms with van der Waals surface area (Å²) in [7, 11) is 0. The number of carbonyl (C=O) groups excluding carboxylic acids is 1. The molecule has 1 amide bonds. The average molecular weight is 321 g/mol. The maximum Gasteiger partial charge on any atom is 0.343 e. The number of oxime groups is 1. The second kappa shape index (κ2) is 5.82. The van der Waals surface area contributed by atoms with Crippen molar-refractivity contribution in [2.45, 2.75) is 58.1 Å². The molecule has 0 unspecified atom stereocenters. The molecule has 126 valence electrons. The van der Waals surface area contributed by atoms with E-state index in [1.807, 2.05) is 18.7 Å². The molecule has 0 aromatic carbocycles. The van der Waals surface area contributed by atoms with Gasteiger partial charge in [0.25, 0.3) is 5.91 Å². The molecule has 0 saturated carbocycles. The van der Waals surface area contributed by atoms with E-state index < -0.39 is 5.60 Å². The summed E-state index contributed by atoms with van der Waals surface area (Å²) >= 11 is 0. The largest absolute Gasteiger partial charge is 0.379 e. The maximum absolute atomic E-state index is 12.7. The van der Waals surface area contributed by atoms with Crippen molar-refractivity contribution in [1.29, 1.82) is 0 Å². The highest BCUT2D eigenvalue weighted by atomic mass is 16.7. The predicted octanol–water partition coefficient (Wildman–Crippen LogP) is 0.852. The van der Waals surface area contributed by atoms with Gasteiger partial charge < -0.3 is 9.74 Å². The zero-order chi connectivity index (χ0) is 16.6. The Morgan fingerprint density at radius 1 is 1.43 bits per heavy atom.